The maximum absolute atomic E-state index is 12.6. The number of ether oxygens (including phenoxy) is 1. The van der Waals surface area contributed by atoms with Crippen molar-refractivity contribution in [3.05, 3.63) is 29.3 Å². The number of para-hydroxylation sites is 1. The summed E-state index contributed by atoms with van der Waals surface area (Å²) in [6.07, 6.45) is 5.49. The summed E-state index contributed by atoms with van der Waals surface area (Å²) in [5.74, 6) is -1.29. The molecule has 0 bridgehead atoms. The summed E-state index contributed by atoms with van der Waals surface area (Å²) in [5, 5.41) is 5.81. The van der Waals surface area contributed by atoms with Gasteiger partial charge in [-0.2, -0.15) is 0 Å². The number of nitrogens with zero attached hydrogens (tertiary/aromatic N) is 1. The lowest BCUT2D eigenvalue weighted by Crippen LogP contribution is -2.42. The number of fused-ring (bicyclic) bond motifs is 1. The van der Waals surface area contributed by atoms with Crippen molar-refractivity contribution in [1.29, 1.82) is 0 Å². The normalized spacial score (nSPS) is 21.9. The van der Waals surface area contributed by atoms with Crippen molar-refractivity contribution in [2.24, 2.45) is 5.92 Å². The third-order valence-corrected chi connectivity index (χ3v) is 6.38. The van der Waals surface area contributed by atoms with Crippen LogP contribution in [0.3, 0.4) is 0 Å². The largest absolute Gasteiger partial charge is 0.455 e. The number of carbonyl (C=O) groups is 3. The fourth-order valence-corrected chi connectivity index (χ4v) is 4.78. The number of esters is 1. The van der Waals surface area contributed by atoms with Gasteiger partial charge in [-0.1, -0.05) is 25.0 Å². The molecule has 28 heavy (non-hydrogen) atoms. The second kappa shape index (κ2) is 8.26. The van der Waals surface area contributed by atoms with Gasteiger partial charge in [-0.25, -0.2) is 9.78 Å². The number of thiazole rings is 1. The van der Waals surface area contributed by atoms with Gasteiger partial charge in [0.1, 0.15) is 0 Å². The quantitative estimate of drug-likeness (QED) is 0.751. The van der Waals surface area contributed by atoms with Crippen LogP contribution in [0.2, 0.25) is 0 Å². The van der Waals surface area contributed by atoms with Crippen molar-refractivity contribution < 1.29 is 19.1 Å². The molecule has 2 aromatic rings. The number of nitrogens with one attached hydrogen (secondary N) is 2. The second-order valence-electron chi connectivity index (χ2n) is 7.42. The van der Waals surface area contributed by atoms with Crippen LogP contribution in [0.1, 0.15) is 49.5 Å². The number of hydrogen-bond donors (Lipinski definition) is 2. The van der Waals surface area contributed by atoms with Crippen molar-refractivity contribution >= 4 is 39.5 Å². The van der Waals surface area contributed by atoms with Gasteiger partial charge < -0.3 is 10.1 Å². The topological polar surface area (TPSA) is 97.4 Å². The maximum Gasteiger partial charge on any atom is 0.321 e. The highest BCUT2D eigenvalue weighted by Crippen LogP contribution is 2.41. The van der Waals surface area contributed by atoms with E-state index in [2.05, 4.69) is 10.6 Å². The summed E-state index contributed by atoms with van der Waals surface area (Å²) in [7, 11) is 0. The number of imide groups is 1. The van der Waals surface area contributed by atoms with E-state index in [4.69, 9.17) is 9.72 Å². The summed E-state index contributed by atoms with van der Waals surface area (Å²) < 4.78 is 6.34. The first-order chi connectivity index (χ1) is 13.6. The number of urea groups is 1. The zero-order valence-electron chi connectivity index (χ0n) is 15.5. The molecule has 148 valence electrons. The van der Waals surface area contributed by atoms with Crippen molar-refractivity contribution in [3.8, 4) is 0 Å². The third-order valence-electron chi connectivity index (χ3n) is 5.21. The van der Waals surface area contributed by atoms with Crippen LogP contribution >= 0.6 is 11.3 Å². The zero-order valence-corrected chi connectivity index (χ0v) is 16.3. The van der Waals surface area contributed by atoms with E-state index in [9.17, 15) is 14.4 Å². The Morgan fingerprint density at radius 2 is 1.89 bits per heavy atom. The predicted molar refractivity (Wildman–Crippen MR) is 105 cm³/mol. The molecule has 0 unspecified atom stereocenters. The minimum atomic E-state index is -0.612. The predicted octanol–water partition coefficient (Wildman–Crippen LogP) is 3.10. The van der Waals surface area contributed by atoms with E-state index in [1.54, 1.807) is 11.3 Å². The van der Waals surface area contributed by atoms with Crippen LogP contribution in [-0.2, 0) is 14.3 Å². The fourth-order valence-electron chi connectivity index (χ4n) is 3.61. The number of carbonyl (C=O) groups excluding carboxylic acids is 3. The van der Waals surface area contributed by atoms with E-state index >= 15 is 0 Å². The first kappa shape index (κ1) is 18.9. The van der Waals surface area contributed by atoms with Crippen LogP contribution in [0.25, 0.3) is 10.2 Å². The molecule has 4 rings (SSSR count). The first-order valence-electron chi connectivity index (χ1n) is 9.72. The lowest BCUT2D eigenvalue weighted by molar-refractivity contribution is -0.154. The summed E-state index contributed by atoms with van der Waals surface area (Å²) in [4.78, 5) is 40.8. The van der Waals surface area contributed by atoms with Crippen LogP contribution in [-0.4, -0.2) is 35.5 Å². The van der Waals surface area contributed by atoms with E-state index in [0.29, 0.717) is 0 Å². The van der Waals surface area contributed by atoms with Crippen LogP contribution in [0.15, 0.2) is 24.3 Å². The van der Waals surface area contributed by atoms with Crippen molar-refractivity contribution in [2.75, 3.05) is 6.61 Å². The minimum absolute atomic E-state index is 0.0138. The van der Waals surface area contributed by atoms with Gasteiger partial charge in [0.05, 0.1) is 21.1 Å². The lowest BCUT2D eigenvalue weighted by atomic mass is 9.79. The molecule has 1 aromatic carbocycles. The molecule has 8 heteroatoms. The number of rotatable bonds is 5. The van der Waals surface area contributed by atoms with E-state index in [-0.39, 0.29) is 23.8 Å². The van der Waals surface area contributed by atoms with Gasteiger partial charge in [-0.3, -0.25) is 14.9 Å². The molecular weight excluding hydrogens is 378 g/mol. The van der Waals surface area contributed by atoms with E-state index in [1.165, 1.54) is 0 Å². The molecule has 0 saturated heterocycles. The highest BCUT2D eigenvalue weighted by Gasteiger charge is 2.35. The summed E-state index contributed by atoms with van der Waals surface area (Å²) >= 11 is 1.62. The smallest absolute Gasteiger partial charge is 0.321 e. The number of amides is 3. The van der Waals surface area contributed by atoms with Crippen molar-refractivity contribution in [2.45, 2.75) is 50.5 Å². The average Bonchev–Trinajstić information content (AvgIpc) is 3.40. The second-order valence-corrected chi connectivity index (χ2v) is 8.48. The van der Waals surface area contributed by atoms with Crippen LogP contribution < -0.4 is 10.6 Å². The Kier molecular flexibility index (Phi) is 5.57. The van der Waals surface area contributed by atoms with Gasteiger partial charge in [0, 0.05) is 12.0 Å². The van der Waals surface area contributed by atoms with Gasteiger partial charge in [0.25, 0.3) is 5.91 Å². The lowest BCUT2D eigenvalue weighted by Gasteiger charge is -2.28. The first-order valence-corrected chi connectivity index (χ1v) is 10.5. The molecular formula is C20H23N3O4S. The molecule has 0 spiro atoms. The van der Waals surface area contributed by atoms with Gasteiger partial charge in [-0.15, -0.1) is 11.3 Å². The number of benzene rings is 1. The molecule has 0 aliphatic heterocycles. The molecule has 2 aliphatic rings. The van der Waals surface area contributed by atoms with E-state index in [1.807, 2.05) is 24.3 Å². The Labute approximate surface area is 166 Å². The van der Waals surface area contributed by atoms with Crippen LogP contribution in [0.4, 0.5) is 4.79 Å². The van der Waals surface area contributed by atoms with Crippen LogP contribution in [0.5, 0.6) is 0 Å². The summed E-state index contributed by atoms with van der Waals surface area (Å²) in [6, 6.07) is 7.57. The Morgan fingerprint density at radius 3 is 2.68 bits per heavy atom. The van der Waals surface area contributed by atoms with Gasteiger partial charge >= 0.3 is 12.0 Å². The molecule has 1 aromatic heterocycles. The molecule has 7 nitrogen and oxygen atoms in total. The van der Waals surface area contributed by atoms with Gasteiger partial charge in [-0.05, 0) is 37.8 Å². The van der Waals surface area contributed by atoms with E-state index < -0.39 is 18.5 Å². The SMILES string of the molecule is O=C(COC(=O)[C@@H]1CCCC[C@H]1c1nc2ccccc2s1)NC(=O)NC1CC1. The molecule has 1 heterocycles. The summed E-state index contributed by atoms with van der Waals surface area (Å²) in [5.41, 5.74) is 0.946. The molecule has 2 fully saturated rings. The average molecular weight is 401 g/mol. The molecule has 2 aliphatic carbocycles. The van der Waals surface area contributed by atoms with Crippen LogP contribution in [0, 0.1) is 5.92 Å². The molecule has 2 saturated carbocycles. The Morgan fingerprint density at radius 1 is 1.11 bits per heavy atom. The van der Waals surface area contributed by atoms with E-state index in [0.717, 1.165) is 53.7 Å². The van der Waals surface area contributed by atoms with Gasteiger partial charge in [0.2, 0.25) is 0 Å². The van der Waals surface area contributed by atoms with Gasteiger partial charge in [0.15, 0.2) is 6.61 Å². The highest BCUT2D eigenvalue weighted by molar-refractivity contribution is 7.18. The van der Waals surface area contributed by atoms with Crippen molar-refractivity contribution in [3.63, 3.8) is 0 Å². The molecule has 0 radical (unpaired) electrons. The monoisotopic (exact) mass is 401 g/mol. The third kappa shape index (κ3) is 4.49. The molecule has 2 atom stereocenters. The standard InChI is InChI=1S/C20H23N3O4S/c24-17(23-20(26)21-12-9-10-12)11-27-19(25)14-6-2-1-5-13(14)18-22-15-7-3-4-8-16(15)28-18/h3-4,7-8,12-14H,1-2,5-6,9-11H2,(H2,21,23,24,26)/t13-,14-/m1/s1. The fraction of sp³-hybridized carbons (Fsp3) is 0.500. The minimum Gasteiger partial charge on any atom is -0.455 e. The molecule has 3 amide bonds. The molecule has 2 N–H and O–H groups in total. The Balaban J connectivity index is 1.36. The Hall–Kier alpha value is -2.48. The highest BCUT2D eigenvalue weighted by atomic mass is 32.1. The Bertz CT molecular complexity index is 859. The number of hydrogen-bond acceptors (Lipinski definition) is 6. The number of aromatic nitrogens is 1. The zero-order chi connectivity index (χ0) is 19.5. The van der Waals surface area contributed by atoms with Crippen molar-refractivity contribution in [1.82, 2.24) is 15.6 Å². The maximum atomic E-state index is 12.6. The summed E-state index contributed by atoms with van der Waals surface area (Å²) in [6.45, 7) is -0.444.